The third-order valence-corrected chi connectivity index (χ3v) is 5.69. The number of aromatic nitrogens is 2. The van der Waals surface area contributed by atoms with Crippen LogP contribution in [-0.2, 0) is 4.74 Å². The predicted molar refractivity (Wildman–Crippen MR) is 94.0 cm³/mol. The van der Waals surface area contributed by atoms with Crippen LogP contribution in [0.3, 0.4) is 0 Å². The summed E-state index contributed by atoms with van der Waals surface area (Å²) in [5.41, 5.74) is 2.71. The molecule has 5 rings (SSSR count). The molecular weight excluding hydrogens is 314 g/mol. The number of amides is 1. The number of fused-ring (bicyclic) bond motifs is 1. The SMILES string of the molecule is O=C(c1cc(C2CC2)nn1-c1ccccc1)N1CCO[C@@H]2CCC[C@@H]21. The summed E-state index contributed by atoms with van der Waals surface area (Å²) in [6.07, 6.45) is 5.84. The van der Waals surface area contributed by atoms with Gasteiger partial charge in [0.2, 0.25) is 0 Å². The van der Waals surface area contributed by atoms with E-state index in [0.717, 1.165) is 30.6 Å². The van der Waals surface area contributed by atoms with E-state index in [9.17, 15) is 4.79 Å². The number of morpholine rings is 1. The molecule has 3 aliphatic rings. The highest BCUT2D eigenvalue weighted by Crippen LogP contribution is 2.40. The summed E-state index contributed by atoms with van der Waals surface area (Å²) in [4.78, 5) is 15.4. The fraction of sp³-hybridized carbons (Fsp3) is 0.500. The Morgan fingerprint density at radius 2 is 1.96 bits per heavy atom. The molecule has 1 saturated heterocycles. The molecule has 1 aromatic carbocycles. The lowest BCUT2D eigenvalue weighted by molar-refractivity contribution is -0.0448. The maximum absolute atomic E-state index is 13.4. The maximum Gasteiger partial charge on any atom is 0.273 e. The number of hydrogen-bond donors (Lipinski definition) is 0. The number of hydrogen-bond acceptors (Lipinski definition) is 3. The van der Waals surface area contributed by atoms with Crippen molar-refractivity contribution in [2.45, 2.75) is 50.2 Å². The van der Waals surface area contributed by atoms with Crippen LogP contribution in [0, 0.1) is 0 Å². The molecule has 0 spiro atoms. The number of para-hydroxylation sites is 1. The summed E-state index contributed by atoms with van der Waals surface area (Å²) in [6, 6.07) is 12.2. The molecule has 3 fully saturated rings. The highest BCUT2D eigenvalue weighted by molar-refractivity contribution is 5.93. The van der Waals surface area contributed by atoms with Crippen LogP contribution in [-0.4, -0.2) is 45.9 Å². The van der Waals surface area contributed by atoms with Crippen LogP contribution in [0.1, 0.15) is 54.2 Å². The molecule has 1 aliphatic heterocycles. The van der Waals surface area contributed by atoms with Gasteiger partial charge in [0.05, 0.1) is 30.1 Å². The van der Waals surface area contributed by atoms with Gasteiger partial charge < -0.3 is 9.64 Å². The molecule has 0 radical (unpaired) electrons. The van der Waals surface area contributed by atoms with Crippen LogP contribution in [0.4, 0.5) is 0 Å². The van der Waals surface area contributed by atoms with Gasteiger partial charge in [-0.2, -0.15) is 5.10 Å². The van der Waals surface area contributed by atoms with Gasteiger partial charge in [-0.3, -0.25) is 4.79 Å². The first kappa shape index (κ1) is 15.1. The van der Waals surface area contributed by atoms with Crippen molar-refractivity contribution < 1.29 is 9.53 Å². The average Bonchev–Trinajstić information content (AvgIpc) is 3.22. The van der Waals surface area contributed by atoms with Crippen LogP contribution in [0.5, 0.6) is 0 Å². The fourth-order valence-corrected chi connectivity index (χ4v) is 4.22. The summed E-state index contributed by atoms with van der Waals surface area (Å²) in [5, 5.41) is 4.78. The Kier molecular flexibility index (Phi) is 3.63. The van der Waals surface area contributed by atoms with E-state index >= 15 is 0 Å². The minimum atomic E-state index is 0.100. The first-order valence-corrected chi connectivity index (χ1v) is 9.39. The van der Waals surface area contributed by atoms with Crippen molar-refractivity contribution in [3.8, 4) is 5.69 Å². The van der Waals surface area contributed by atoms with Crippen molar-refractivity contribution >= 4 is 5.91 Å². The van der Waals surface area contributed by atoms with Gasteiger partial charge in [0.25, 0.3) is 5.91 Å². The number of carbonyl (C=O) groups excluding carboxylic acids is 1. The molecule has 0 N–H and O–H groups in total. The van der Waals surface area contributed by atoms with Crippen LogP contribution in [0.2, 0.25) is 0 Å². The van der Waals surface area contributed by atoms with Gasteiger partial charge in [0.1, 0.15) is 5.69 Å². The third-order valence-electron chi connectivity index (χ3n) is 5.69. The second-order valence-corrected chi connectivity index (χ2v) is 7.38. The number of rotatable bonds is 3. The lowest BCUT2D eigenvalue weighted by Gasteiger charge is -2.37. The minimum absolute atomic E-state index is 0.100. The number of carbonyl (C=O) groups is 1. The zero-order valence-corrected chi connectivity index (χ0v) is 14.3. The zero-order chi connectivity index (χ0) is 16.8. The third kappa shape index (κ3) is 2.67. The van der Waals surface area contributed by atoms with Gasteiger partial charge in [0.15, 0.2) is 0 Å². The minimum Gasteiger partial charge on any atom is -0.374 e. The van der Waals surface area contributed by atoms with Crippen LogP contribution in [0.25, 0.3) is 5.69 Å². The molecule has 2 aromatic rings. The Bertz CT molecular complexity index is 781. The van der Waals surface area contributed by atoms with Crippen LogP contribution < -0.4 is 0 Å². The number of benzene rings is 1. The first-order valence-electron chi connectivity index (χ1n) is 9.39. The highest BCUT2D eigenvalue weighted by Gasteiger charge is 2.40. The lowest BCUT2D eigenvalue weighted by atomic mass is 10.1. The predicted octanol–water partition coefficient (Wildman–Crippen LogP) is 3.14. The van der Waals surface area contributed by atoms with Gasteiger partial charge >= 0.3 is 0 Å². The van der Waals surface area contributed by atoms with E-state index in [0.29, 0.717) is 24.8 Å². The van der Waals surface area contributed by atoms with E-state index in [1.54, 1.807) is 0 Å². The summed E-state index contributed by atoms with van der Waals surface area (Å²) >= 11 is 0. The topological polar surface area (TPSA) is 47.4 Å². The highest BCUT2D eigenvalue weighted by atomic mass is 16.5. The monoisotopic (exact) mass is 337 g/mol. The number of ether oxygens (including phenoxy) is 1. The van der Waals surface area contributed by atoms with Gasteiger partial charge in [0, 0.05) is 12.5 Å². The molecule has 5 heteroatoms. The van der Waals surface area contributed by atoms with Crippen molar-refractivity contribution in [2.75, 3.05) is 13.2 Å². The van der Waals surface area contributed by atoms with E-state index in [-0.39, 0.29) is 18.1 Å². The summed E-state index contributed by atoms with van der Waals surface area (Å²) in [7, 11) is 0. The van der Waals surface area contributed by atoms with Crippen molar-refractivity contribution in [1.82, 2.24) is 14.7 Å². The smallest absolute Gasteiger partial charge is 0.273 e. The van der Waals surface area contributed by atoms with E-state index in [4.69, 9.17) is 9.84 Å². The summed E-state index contributed by atoms with van der Waals surface area (Å²) in [5.74, 6) is 0.629. The largest absolute Gasteiger partial charge is 0.374 e. The molecule has 1 aromatic heterocycles. The lowest BCUT2D eigenvalue weighted by Crippen LogP contribution is -2.51. The fourth-order valence-electron chi connectivity index (χ4n) is 4.22. The molecule has 130 valence electrons. The van der Waals surface area contributed by atoms with E-state index < -0.39 is 0 Å². The second kappa shape index (κ2) is 5.99. The van der Waals surface area contributed by atoms with Crippen molar-refractivity contribution in [3.05, 3.63) is 47.8 Å². The molecule has 1 amide bonds. The molecule has 25 heavy (non-hydrogen) atoms. The van der Waals surface area contributed by atoms with Gasteiger partial charge in [-0.05, 0) is 50.3 Å². The number of nitrogens with zero attached hydrogens (tertiary/aromatic N) is 3. The molecule has 0 unspecified atom stereocenters. The first-order chi connectivity index (χ1) is 12.3. The molecule has 0 bridgehead atoms. The maximum atomic E-state index is 13.4. The quantitative estimate of drug-likeness (QED) is 0.864. The van der Waals surface area contributed by atoms with E-state index in [2.05, 4.69) is 0 Å². The summed E-state index contributed by atoms with van der Waals surface area (Å²) < 4.78 is 7.71. The van der Waals surface area contributed by atoms with Crippen LogP contribution >= 0.6 is 0 Å². The Morgan fingerprint density at radius 1 is 1.12 bits per heavy atom. The molecule has 2 atom stereocenters. The molecule has 2 aliphatic carbocycles. The van der Waals surface area contributed by atoms with Gasteiger partial charge in [-0.1, -0.05) is 18.2 Å². The van der Waals surface area contributed by atoms with E-state index in [1.807, 2.05) is 46.0 Å². The molecule has 2 heterocycles. The Morgan fingerprint density at radius 3 is 2.76 bits per heavy atom. The standard InChI is InChI=1S/C20H23N3O2/c24-20(22-11-12-25-19-8-4-7-17(19)22)18-13-16(14-9-10-14)21-23(18)15-5-2-1-3-6-15/h1-3,5-6,13-14,17,19H,4,7-12H2/t17-,19+/m0/s1. The molecular formula is C20H23N3O2. The molecule has 2 saturated carbocycles. The van der Waals surface area contributed by atoms with Gasteiger partial charge in [-0.15, -0.1) is 0 Å². The Balaban J connectivity index is 1.52. The van der Waals surface area contributed by atoms with E-state index in [1.165, 1.54) is 12.8 Å². The zero-order valence-electron chi connectivity index (χ0n) is 14.3. The Hall–Kier alpha value is -2.14. The Labute approximate surface area is 147 Å². The summed E-state index contributed by atoms with van der Waals surface area (Å²) in [6.45, 7) is 1.32. The van der Waals surface area contributed by atoms with Gasteiger partial charge in [-0.25, -0.2) is 4.68 Å². The van der Waals surface area contributed by atoms with Crippen molar-refractivity contribution in [2.24, 2.45) is 0 Å². The normalized spacial score (nSPS) is 25.8. The van der Waals surface area contributed by atoms with Crippen LogP contribution in [0.15, 0.2) is 36.4 Å². The van der Waals surface area contributed by atoms with Crippen molar-refractivity contribution in [3.63, 3.8) is 0 Å². The van der Waals surface area contributed by atoms with Crippen molar-refractivity contribution in [1.29, 1.82) is 0 Å². The molecule has 5 nitrogen and oxygen atoms in total. The average molecular weight is 337 g/mol. The second-order valence-electron chi connectivity index (χ2n) is 7.38.